The maximum atomic E-state index is 14.1. The highest BCUT2D eigenvalue weighted by atomic mass is 32.3. The average molecular weight is 568 g/mol. The molecule has 0 radical (unpaired) electrons. The first-order valence-electron chi connectivity index (χ1n) is 12.3. The first-order valence-corrected chi connectivity index (χ1v) is 15.7. The predicted octanol–water partition coefficient (Wildman–Crippen LogP) is 5.74. The van der Waals surface area contributed by atoms with Crippen LogP contribution < -0.4 is 10.0 Å². The van der Waals surface area contributed by atoms with E-state index in [1.165, 1.54) is 18.2 Å². The minimum absolute atomic E-state index is 0.0331. The molecule has 2 aliphatic rings. The summed E-state index contributed by atoms with van der Waals surface area (Å²) in [5.41, 5.74) is 1.58. The van der Waals surface area contributed by atoms with Gasteiger partial charge in [0.15, 0.2) is 11.6 Å². The summed E-state index contributed by atoms with van der Waals surface area (Å²) in [7, 11) is -7.44. The molecule has 11 heteroatoms. The van der Waals surface area contributed by atoms with Gasteiger partial charge in [-0.3, -0.25) is 18.6 Å². The highest BCUT2D eigenvalue weighted by Crippen LogP contribution is 2.57. The van der Waals surface area contributed by atoms with Crippen molar-refractivity contribution in [3.8, 4) is 0 Å². The van der Waals surface area contributed by atoms with Crippen LogP contribution in [0.2, 0.25) is 0 Å². The van der Waals surface area contributed by atoms with E-state index >= 15 is 0 Å². The van der Waals surface area contributed by atoms with E-state index in [4.69, 9.17) is 0 Å². The summed E-state index contributed by atoms with van der Waals surface area (Å²) < 4.78 is 51.5. The summed E-state index contributed by atoms with van der Waals surface area (Å²) in [6.45, 7) is 1.84. The minimum atomic E-state index is -3.84. The summed E-state index contributed by atoms with van der Waals surface area (Å²) in [6, 6.07) is 21.3. The number of fused-ring (bicyclic) bond motifs is 2. The SMILES string of the molecule is CC1(CCCc2ccccc2)C(=O)C(C2=NS(O)(O)c3cc(NS(C)(=O)=O)ccc3N2)=C(O)c2ccccc21. The maximum absolute atomic E-state index is 14.1. The fourth-order valence-electron chi connectivity index (χ4n) is 5.13. The molecule has 3 aromatic carbocycles. The second kappa shape index (κ2) is 9.83. The van der Waals surface area contributed by atoms with Crippen molar-refractivity contribution in [3.63, 3.8) is 0 Å². The number of rotatable bonds is 7. The lowest BCUT2D eigenvalue weighted by molar-refractivity contribution is -0.120. The largest absolute Gasteiger partial charge is 0.506 e. The van der Waals surface area contributed by atoms with Gasteiger partial charge in [-0.25, -0.2) is 8.42 Å². The number of Topliss-reactive ketones (excluding diaryl/α,β-unsaturated/α-hetero) is 1. The standard InChI is InChI=1S/C28H29N3O6S2/c1-28(16-8-11-18-9-4-3-5-10-18)21-13-7-6-12-20(21)25(32)24(26(28)33)27-29-22-15-14-19(30-38(2,34)35)17-23(22)39(36,37)31-27/h3-7,9-10,12-15,17,30,32,36-37H,8,11,16H2,1-2H3,(H,29,31). The maximum Gasteiger partial charge on any atom is 0.229 e. The molecule has 5 rings (SSSR count). The summed E-state index contributed by atoms with van der Waals surface area (Å²) in [5, 5.41) is 14.2. The lowest BCUT2D eigenvalue weighted by Gasteiger charge is -2.39. The number of carbonyl (C=O) groups is 1. The number of aliphatic hydroxyl groups is 1. The van der Waals surface area contributed by atoms with E-state index in [1.807, 2.05) is 49.4 Å². The van der Waals surface area contributed by atoms with Crippen molar-refractivity contribution in [2.75, 3.05) is 16.3 Å². The highest BCUT2D eigenvalue weighted by Gasteiger charge is 2.46. The summed E-state index contributed by atoms with van der Waals surface area (Å²) in [5.74, 6) is -0.832. The molecule has 1 atom stereocenters. The number of benzene rings is 3. The summed E-state index contributed by atoms with van der Waals surface area (Å²) in [6.07, 6.45) is 2.96. The molecule has 9 nitrogen and oxygen atoms in total. The number of hydrogen-bond acceptors (Lipinski definition) is 8. The van der Waals surface area contributed by atoms with Crippen molar-refractivity contribution in [3.05, 3.63) is 95.1 Å². The van der Waals surface area contributed by atoms with Gasteiger partial charge in [0.25, 0.3) is 0 Å². The zero-order chi connectivity index (χ0) is 28.0. The molecule has 39 heavy (non-hydrogen) atoms. The van der Waals surface area contributed by atoms with Crippen LogP contribution in [0, 0.1) is 0 Å². The Balaban J connectivity index is 1.52. The number of carbonyl (C=O) groups excluding carboxylic acids is 1. The predicted molar refractivity (Wildman–Crippen MR) is 155 cm³/mol. The molecule has 1 heterocycles. The Morgan fingerprint density at radius 2 is 1.72 bits per heavy atom. The van der Waals surface area contributed by atoms with E-state index in [9.17, 15) is 27.4 Å². The highest BCUT2D eigenvalue weighted by molar-refractivity contribution is 8.23. The summed E-state index contributed by atoms with van der Waals surface area (Å²) >= 11 is 0. The van der Waals surface area contributed by atoms with Crippen LogP contribution in [0.4, 0.5) is 11.4 Å². The van der Waals surface area contributed by atoms with Gasteiger partial charge in [-0.1, -0.05) is 65.4 Å². The molecule has 3 aromatic rings. The van der Waals surface area contributed by atoms with E-state index in [-0.39, 0.29) is 39.2 Å². The molecule has 1 aliphatic heterocycles. The van der Waals surface area contributed by atoms with E-state index in [1.54, 1.807) is 12.1 Å². The van der Waals surface area contributed by atoms with Crippen LogP contribution in [0.25, 0.3) is 5.76 Å². The molecule has 0 saturated heterocycles. The average Bonchev–Trinajstić information content (AvgIpc) is 2.88. The second-order valence-electron chi connectivity index (χ2n) is 9.94. The molecule has 0 bridgehead atoms. The van der Waals surface area contributed by atoms with E-state index < -0.39 is 26.2 Å². The van der Waals surface area contributed by atoms with Crippen molar-refractivity contribution in [1.82, 2.24) is 0 Å². The van der Waals surface area contributed by atoms with Crippen molar-refractivity contribution in [1.29, 1.82) is 0 Å². The van der Waals surface area contributed by atoms with Crippen molar-refractivity contribution < 1.29 is 27.4 Å². The number of aliphatic hydroxyl groups excluding tert-OH is 1. The number of hydrogen-bond donors (Lipinski definition) is 5. The van der Waals surface area contributed by atoms with Gasteiger partial charge < -0.3 is 10.4 Å². The molecular formula is C28H29N3O6S2. The number of nitrogens with one attached hydrogen (secondary N) is 2. The number of ketones is 1. The topological polar surface area (TPSA) is 148 Å². The van der Waals surface area contributed by atoms with Gasteiger partial charge in [0.1, 0.15) is 16.2 Å². The molecule has 0 aromatic heterocycles. The Kier molecular flexibility index (Phi) is 6.79. The Hall–Kier alpha value is -3.64. The van der Waals surface area contributed by atoms with Gasteiger partial charge in [0, 0.05) is 5.56 Å². The molecule has 1 aliphatic carbocycles. The first-order chi connectivity index (χ1) is 18.4. The van der Waals surface area contributed by atoms with Crippen molar-refractivity contribution in [2.45, 2.75) is 36.5 Å². The summed E-state index contributed by atoms with van der Waals surface area (Å²) in [4.78, 5) is 14.1. The Labute approximate surface area is 228 Å². The third-order valence-electron chi connectivity index (χ3n) is 7.02. The lowest BCUT2D eigenvalue weighted by Crippen LogP contribution is -2.42. The fourth-order valence-corrected chi connectivity index (χ4v) is 6.88. The Bertz CT molecular complexity index is 1630. The van der Waals surface area contributed by atoms with Crippen LogP contribution >= 0.6 is 10.8 Å². The smallest absolute Gasteiger partial charge is 0.229 e. The number of amidine groups is 1. The minimum Gasteiger partial charge on any atom is -0.506 e. The molecule has 1 unspecified atom stereocenters. The third-order valence-corrected chi connectivity index (χ3v) is 8.99. The number of sulfonamides is 1. The number of anilines is 2. The Morgan fingerprint density at radius 1 is 1.03 bits per heavy atom. The molecule has 5 N–H and O–H groups in total. The van der Waals surface area contributed by atoms with Gasteiger partial charge in [-0.05, 0) is 55.5 Å². The molecule has 0 amide bonds. The zero-order valence-electron chi connectivity index (χ0n) is 21.4. The third kappa shape index (κ3) is 5.18. The molecule has 204 valence electrons. The van der Waals surface area contributed by atoms with Crippen molar-refractivity contribution in [2.24, 2.45) is 4.40 Å². The lowest BCUT2D eigenvalue weighted by atomic mass is 9.67. The van der Waals surface area contributed by atoms with E-state index in [0.717, 1.165) is 18.2 Å². The monoisotopic (exact) mass is 567 g/mol. The van der Waals surface area contributed by atoms with E-state index in [2.05, 4.69) is 14.4 Å². The van der Waals surface area contributed by atoms with Gasteiger partial charge in [0.05, 0.1) is 23.0 Å². The van der Waals surface area contributed by atoms with Crippen LogP contribution in [0.3, 0.4) is 0 Å². The zero-order valence-corrected chi connectivity index (χ0v) is 23.0. The van der Waals surface area contributed by atoms with Gasteiger partial charge >= 0.3 is 0 Å². The fraction of sp³-hybridized carbons (Fsp3) is 0.214. The molecular weight excluding hydrogens is 538 g/mol. The van der Waals surface area contributed by atoms with Crippen LogP contribution in [0.15, 0.2) is 87.7 Å². The number of aryl methyl sites for hydroxylation is 1. The first kappa shape index (κ1) is 26.9. The quantitative estimate of drug-likeness (QED) is 0.244. The van der Waals surface area contributed by atoms with Crippen LogP contribution in [0.1, 0.15) is 36.5 Å². The van der Waals surface area contributed by atoms with Gasteiger partial charge in [-0.2, -0.15) is 0 Å². The van der Waals surface area contributed by atoms with Gasteiger partial charge in [0.2, 0.25) is 10.0 Å². The number of nitrogens with zero attached hydrogens (tertiary/aromatic N) is 1. The van der Waals surface area contributed by atoms with Gasteiger partial charge in [-0.15, -0.1) is 4.40 Å². The molecule has 0 fully saturated rings. The molecule has 0 saturated carbocycles. The molecule has 0 spiro atoms. The normalized spacial score (nSPS) is 20.8. The van der Waals surface area contributed by atoms with Crippen molar-refractivity contribution >= 4 is 49.6 Å². The second-order valence-corrected chi connectivity index (χ2v) is 13.3. The Morgan fingerprint density at radius 3 is 2.44 bits per heavy atom. The van der Waals surface area contributed by atoms with E-state index in [0.29, 0.717) is 24.0 Å². The van der Waals surface area contributed by atoms with Crippen LogP contribution in [-0.4, -0.2) is 40.5 Å². The van der Waals surface area contributed by atoms with Crippen LogP contribution in [-0.2, 0) is 26.7 Å². The van der Waals surface area contributed by atoms with Crippen LogP contribution in [0.5, 0.6) is 0 Å².